The molecule has 0 aliphatic heterocycles. The Kier molecular flexibility index (Phi) is 10.5. The zero-order valence-corrected chi connectivity index (χ0v) is 22.6. The van der Waals surface area contributed by atoms with E-state index in [1.54, 1.807) is 0 Å². The molecule has 3 aromatic heterocycles. The van der Waals surface area contributed by atoms with Crippen LogP contribution in [0.15, 0.2) is 36.9 Å². The van der Waals surface area contributed by atoms with Crippen LogP contribution in [0.25, 0.3) is 0 Å². The Hall–Kier alpha value is -2.50. The molecule has 0 saturated heterocycles. The summed E-state index contributed by atoms with van der Waals surface area (Å²) in [5.41, 5.74) is 6.41. The number of aryl methyl sites for hydroxylation is 3. The van der Waals surface area contributed by atoms with Gasteiger partial charge in [-0.25, -0.2) is 12.2 Å². The molecule has 0 aliphatic carbocycles. The van der Waals surface area contributed by atoms with Crippen LogP contribution in [0.5, 0.6) is 0 Å². The quantitative estimate of drug-likeness (QED) is 0.228. The number of hydrogen-bond acceptors (Lipinski definition) is 3. The Bertz CT molecular complexity index is 921. The maximum Gasteiger partial charge on any atom is 2.00 e. The summed E-state index contributed by atoms with van der Waals surface area (Å²) in [7, 11) is 0. The van der Waals surface area contributed by atoms with Crippen LogP contribution in [-0.2, 0) is 17.1 Å². The van der Waals surface area contributed by atoms with E-state index >= 15 is 0 Å². The molecule has 0 aliphatic rings. The van der Waals surface area contributed by atoms with E-state index in [-0.39, 0.29) is 17.1 Å². The minimum absolute atomic E-state index is 0. The molecule has 0 fully saturated rings. The predicted octanol–water partition coefficient (Wildman–Crippen LogP) is 6.12. The Balaban J connectivity index is 0.00000101. The molecule has 0 unspecified atom stereocenters. The second kappa shape index (κ2) is 12.1. The third-order valence-electron chi connectivity index (χ3n) is 5.20. The van der Waals surface area contributed by atoms with Crippen LogP contribution in [0.4, 0.5) is 0 Å². The minimum atomic E-state index is 0. The second-order valence-electron chi connectivity index (χ2n) is 9.06. The van der Waals surface area contributed by atoms with E-state index in [9.17, 15) is 0 Å². The average molecular weight is 490 g/mol. The Morgan fingerprint density at radius 3 is 1.12 bits per heavy atom. The molecule has 0 amide bonds. The molecule has 3 aromatic rings. The van der Waals surface area contributed by atoms with E-state index in [1.807, 2.05) is 14.0 Å². The molecule has 179 valence electrons. The molecule has 0 N–H and O–H groups in total. The van der Waals surface area contributed by atoms with Crippen LogP contribution < -0.4 is 0 Å². The first kappa shape index (κ1) is 28.5. The maximum absolute atomic E-state index is 4.91. The number of hydrogen-bond donors (Lipinski definition) is 0. The monoisotopic (exact) mass is 489 g/mol. The van der Waals surface area contributed by atoms with Crippen LogP contribution in [0.1, 0.15) is 93.5 Å². The predicted molar refractivity (Wildman–Crippen MR) is 132 cm³/mol. The molecule has 1 radical (unpaired) electrons. The van der Waals surface area contributed by atoms with Crippen molar-refractivity contribution >= 4 is 0 Å². The van der Waals surface area contributed by atoms with E-state index in [4.69, 9.17) is 21.9 Å². The maximum atomic E-state index is 4.91. The van der Waals surface area contributed by atoms with Crippen molar-refractivity contribution < 1.29 is 17.1 Å². The molecule has 0 aromatic carbocycles. The van der Waals surface area contributed by atoms with Gasteiger partial charge < -0.3 is 0 Å². The van der Waals surface area contributed by atoms with Crippen molar-refractivity contribution in [3.05, 3.63) is 84.0 Å². The smallest absolute Gasteiger partial charge is 0.293 e. The van der Waals surface area contributed by atoms with E-state index in [1.165, 1.54) is 12.2 Å². The van der Waals surface area contributed by atoms with Crippen molar-refractivity contribution in [3.8, 4) is 0 Å². The first-order valence-corrected chi connectivity index (χ1v) is 11.2. The summed E-state index contributed by atoms with van der Waals surface area (Å²) in [6.45, 7) is 27.3. The molecule has 6 nitrogen and oxygen atoms in total. The van der Waals surface area contributed by atoms with Crippen molar-refractivity contribution in [2.75, 3.05) is 0 Å². The SMILES string of the molecule is Cc1cc(C(C)C)nn1[C-](n1nc(C(C)C)cc1C)n1nc(C(C)C)cc1C.[CH-]=CC=C.[Mn+2]. The van der Waals surface area contributed by atoms with Gasteiger partial charge in [-0.15, -0.1) is 0 Å². The van der Waals surface area contributed by atoms with Crippen LogP contribution in [0, 0.1) is 33.6 Å². The molecule has 0 atom stereocenters. The molecule has 3 rings (SSSR count). The number of aromatic nitrogens is 6. The van der Waals surface area contributed by atoms with Gasteiger partial charge >= 0.3 is 17.1 Å². The molecule has 0 spiro atoms. The summed E-state index contributed by atoms with van der Waals surface area (Å²) in [4.78, 5) is 0. The Labute approximate surface area is 210 Å². The van der Waals surface area contributed by atoms with Crippen LogP contribution >= 0.6 is 0 Å². The van der Waals surface area contributed by atoms with E-state index in [2.05, 4.69) is 87.1 Å². The second-order valence-corrected chi connectivity index (χ2v) is 9.06. The van der Waals surface area contributed by atoms with Gasteiger partial charge in [0.2, 0.25) is 0 Å². The fourth-order valence-electron chi connectivity index (χ4n) is 3.22. The first-order valence-electron chi connectivity index (χ1n) is 11.2. The Morgan fingerprint density at radius 1 is 0.727 bits per heavy atom. The Morgan fingerprint density at radius 2 is 0.970 bits per heavy atom. The first-order chi connectivity index (χ1) is 15.0. The molecule has 3 heterocycles. The molecule has 0 saturated carbocycles. The van der Waals surface area contributed by atoms with Crippen molar-refractivity contribution in [3.63, 3.8) is 0 Å². The summed E-state index contributed by atoms with van der Waals surface area (Å²) < 4.78 is 5.93. The van der Waals surface area contributed by atoms with Gasteiger partial charge in [-0.3, -0.25) is 20.6 Å². The van der Waals surface area contributed by atoms with Crippen molar-refractivity contribution in [1.82, 2.24) is 29.3 Å². The third kappa shape index (κ3) is 6.52. The van der Waals surface area contributed by atoms with Gasteiger partial charge in [0.15, 0.2) is 6.29 Å². The summed E-state index contributed by atoms with van der Waals surface area (Å²) in [5, 5.41) is 14.7. The number of allylic oxidation sites excluding steroid dienone is 2. The van der Waals surface area contributed by atoms with Crippen LogP contribution in [0.2, 0.25) is 0 Å². The van der Waals surface area contributed by atoms with Gasteiger partial charge in [-0.05, 0) is 34.8 Å². The van der Waals surface area contributed by atoms with Gasteiger partial charge in [0.1, 0.15) is 0 Å². The molecular formula is C26H38MnN6. The summed E-state index contributed by atoms with van der Waals surface area (Å²) in [5.74, 6) is 1.07. The van der Waals surface area contributed by atoms with Crippen molar-refractivity contribution in [2.45, 2.75) is 80.1 Å². The van der Waals surface area contributed by atoms with E-state index in [0.717, 1.165) is 40.5 Å². The van der Waals surface area contributed by atoms with Gasteiger partial charge in [-0.2, -0.15) is 21.9 Å². The zero-order valence-electron chi connectivity index (χ0n) is 21.5. The molecule has 33 heavy (non-hydrogen) atoms. The summed E-state index contributed by atoms with van der Waals surface area (Å²) >= 11 is 0. The summed E-state index contributed by atoms with van der Waals surface area (Å²) in [6, 6.07) is 6.44. The van der Waals surface area contributed by atoms with Gasteiger partial charge in [0, 0.05) is 0 Å². The number of nitrogens with zero attached hydrogens (tertiary/aromatic N) is 6. The molecular weight excluding hydrogens is 451 g/mol. The van der Waals surface area contributed by atoms with E-state index < -0.39 is 0 Å². The molecule has 7 heteroatoms. The van der Waals surface area contributed by atoms with Crippen LogP contribution in [-0.4, -0.2) is 29.3 Å². The van der Waals surface area contributed by atoms with Gasteiger partial charge in [0.05, 0.1) is 17.1 Å². The third-order valence-corrected chi connectivity index (χ3v) is 5.20. The zero-order chi connectivity index (χ0) is 24.2. The van der Waals surface area contributed by atoms with E-state index in [0.29, 0.717) is 17.8 Å². The largest absolute Gasteiger partial charge is 2.00 e. The van der Waals surface area contributed by atoms with Gasteiger partial charge in [0.25, 0.3) is 0 Å². The topological polar surface area (TPSA) is 53.5 Å². The number of rotatable bonds is 7. The minimum Gasteiger partial charge on any atom is -0.293 e. The average Bonchev–Trinajstić information content (AvgIpc) is 3.41. The standard InChI is InChI=1S/C22H33N6.C4H5.Mn/c1-13(2)19-10-16(7)26(23-19)22(27-17(8)11-20(24-27)14(3)4)28-18(9)12-21(25-28)15(5)6;1-3-4-2;/h10-15H,1-9H3;1,3-4H,2H2;/q2*-1;+2. The molecule has 0 bridgehead atoms. The fraction of sp³-hybridized carbons (Fsp3) is 0.462. The van der Waals surface area contributed by atoms with Gasteiger partial charge in [-0.1, -0.05) is 80.5 Å². The normalized spacial score (nSPS) is 10.8. The summed E-state index contributed by atoms with van der Waals surface area (Å²) in [6.07, 6.45) is 3.75. The van der Waals surface area contributed by atoms with Crippen molar-refractivity contribution in [1.29, 1.82) is 0 Å². The fourth-order valence-corrected chi connectivity index (χ4v) is 3.22. The van der Waals surface area contributed by atoms with Crippen LogP contribution in [0.3, 0.4) is 0 Å². The van der Waals surface area contributed by atoms with Crippen molar-refractivity contribution in [2.24, 2.45) is 0 Å².